The fraction of sp³-hybridized carbons (Fsp3) is 0.643. The van der Waals surface area contributed by atoms with Gasteiger partial charge < -0.3 is 5.11 Å². The third-order valence-electron chi connectivity index (χ3n) is 5.00. The smallest absolute Gasteiger partial charge is 0.311 e. The van der Waals surface area contributed by atoms with E-state index in [0.717, 1.165) is 37.0 Å². The predicted octanol–water partition coefficient (Wildman–Crippen LogP) is 3.10. The minimum absolute atomic E-state index is 0.101. The number of fused-ring (bicyclic) bond motifs is 2. The SMILES string of the molecule is O=C(O)[C@@]12CCCC[C@@H](CC1)[C@@H]2NS(=O)(=O)c1ccc(Cl)s1. The quantitative estimate of drug-likeness (QED) is 0.860. The molecule has 22 heavy (non-hydrogen) atoms. The number of hydrogen-bond donors (Lipinski definition) is 2. The third-order valence-corrected chi connectivity index (χ3v) is 8.16. The van der Waals surface area contributed by atoms with E-state index < -0.39 is 27.4 Å². The van der Waals surface area contributed by atoms with E-state index in [9.17, 15) is 18.3 Å². The maximum Gasteiger partial charge on any atom is 0.311 e. The van der Waals surface area contributed by atoms with E-state index in [1.807, 2.05) is 0 Å². The second-order valence-corrected chi connectivity index (χ2v) is 9.82. The first kappa shape index (κ1) is 16.2. The van der Waals surface area contributed by atoms with E-state index >= 15 is 0 Å². The van der Waals surface area contributed by atoms with Crippen molar-refractivity contribution in [3.63, 3.8) is 0 Å². The molecule has 2 aliphatic carbocycles. The molecule has 0 spiro atoms. The van der Waals surface area contributed by atoms with Crippen molar-refractivity contribution >= 4 is 38.9 Å². The van der Waals surface area contributed by atoms with Gasteiger partial charge in [0, 0.05) is 6.04 Å². The summed E-state index contributed by atoms with van der Waals surface area (Å²) in [5, 5.41) is 9.73. The second-order valence-electron chi connectivity index (χ2n) is 6.16. The molecule has 0 radical (unpaired) electrons. The largest absolute Gasteiger partial charge is 0.481 e. The Morgan fingerprint density at radius 3 is 2.73 bits per heavy atom. The molecule has 1 aromatic rings. The van der Waals surface area contributed by atoms with Crippen LogP contribution >= 0.6 is 22.9 Å². The lowest BCUT2D eigenvalue weighted by Crippen LogP contribution is -2.50. The molecule has 8 heteroatoms. The number of rotatable bonds is 4. The van der Waals surface area contributed by atoms with E-state index in [-0.39, 0.29) is 10.1 Å². The van der Waals surface area contributed by atoms with Crippen molar-refractivity contribution in [3.05, 3.63) is 16.5 Å². The van der Waals surface area contributed by atoms with Crippen LogP contribution in [0.1, 0.15) is 38.5 Å². The summed E-state index contributed by atoms with van der Waals surface area (Å²) in [6, 6.07) is 2.47. The highest BCUT2D eigenvalue weighted by Crippen LogP contribution is 2.50. The molecule has 2 N–H and O–H groups in total. The zero-order valence-corrected chi connectivity index (χ0v) is 14.3. The number of hydrogen-bond acceptors (Lipinski definition) is 4. The van der Waals surface area contributed by atoms with Crippen LogP contribution < -0.4 is 4.72 Å². The maximum atomic E-state index is 12.6. The van der Waals surface area contributed by atoms with Gasteiger partial charge in [-0.15, -0.1) is 11.3 Å². The molecule has 0 aliphatic heterocycles. The van der Waals surface area contributed by atoms with Crippen LogP contribution in [-0.4, -0.2) is 25.5 Å². The van der Waals surface area contributed by atoms with Crippen LogP contribution in [-0.2, 0) is 14.8 Å². The lowest BCUT2D eigenvalue weighted by atomic mass is 9.78. The Morgan fingerprint density at radius 2 is 2.09 bits per heavy atom. The number of nitrogens with one attached hydrogen (secondary N) is 1. The van der Waals surface area contributed by atoms with Crippen LogP contribution in [0, 0.1) is 11.3 Å². The van der Waals surface area contributed by atoms with Crippen molar-refractivity contribution < 1.29 is 18.3 Å². The number of carbonyl (C=O) groups is 1. The molecule has 2 fully saturated rings. The molecule has 0 aromatic carbocycles. The fourth-order valence-electron chi connectivity index (χ4n) is 3.88. The van der Waals surface area contributed by atoms with Crippen LogP contribution in [0.15, 0.2) is 16.3 Å². The van der Waals surface area contributed by atoms with Gasteiger partial charge in [-0.1, -0.05) is 24.4 Å². The van der Waals surface area contributed by atoms with E-state index in [1.165, 1.54) is 12.1 Å². The number of carboxylic acids is 1. The maximum absolute atomic E-state index is 12.6. The monoisotopic (exact) mass is 363 g/mol. The molecular weight excluding hydrogens is 346 g/mol. The number of aliphatic carboxylic acids is 1. The first-order valence-corrected chi connectivity index (χ1v) is 10.0. The fourth-order valence-corrected chi connectivity index (χ4v) is 6.76. The van der Waals surface area contributed by atoms with Crippen LogP contribution in [0.4, 0.5) is 0 Å². The predicted molar refractivity (Wildman–Crippen MR) is 84.7 cm³/mol. The van der Waals surface area contributed by atoms with Crippen LogP contribution in [0.2, 0.25) is 4.34 Å². The van der Waals surface area contributed by atoms with Crippen LogP contribution in [0.5, 0.6) is 0 Å². The topological polar surface area (TPSA) is 83.5 Å². The number of sulfonamides is 1. The average Bonchev–Trinajstić information content (AvgIpc) is 2.93. The van der Waals surface area contributed by atoms with Gasteiger partial charge >= 0.3 is 5.97 Å². The molecule has 2 saturated carbocycles. The first-order valence-electron chi connectivity index (χ1n) is 7.36. The molecule has 0 unspecified atom stereocenters. The molecule has 0 amide bonds. The van der Waals surface area contributed by atoms with Crippen molar-refractivity contribution in [3.8, 4) is 0 Å². The molecule has 1 heterocycles. The van der Waals surface area contributed by atoms with E-state index in [0.29, 0.717) is 17.2 Å². The van der Waals surface area contributed by atoms with Crippen LogP contribution in [0.3, 0.4) is 0 Å². The van der Waals surface area contributed by atoms with Gasteiger partial charge in [0.25, 0.3) is 0 Å². The minimum Gasteiger partial charge on any atom is -0.481 e. The van der Waals surface area contributed by atoms with Gasteiger partial charge in [-0.05, 0) is 43.7 Å². The number of carboxylic acid groups (broad SMARTS) is 1. The van der Waals surface area contributed by atoms with Crippen molar-refractivity contribution in [1.29, 1.82) is 0 Å². The third kappa shape index (κ3) is 2.68. The molecule has 0 saturated heterocycles. The van der Waals surface area contributed by atoms with Gasteiger partial charge in [-0.3, -0.25) is 4.79 Å². The van der Waals surface area contributed by atoms with E-state index in [2.05, 4.69) is 4.72 Å². The van der Waals surface area contributed by atoms with Gasteiger partial charge in [0.15, 0.2) is 0 Å². The zero-order chi connectivity index (χ0) is 16.0. The highest BCUT2D eigenvalue weighted by molar-refractivity contribution is 7.91. The summed E-state index contributed by atoms with van der Waals surface area (Å²) in [4.78, 5) is 11.9. The van der Waals surface area contributed by atoms with Gasteiger partial charge in [0.1, 0.15) is 4.21 Å². The summed E-state index contributed by atoms with van der Waals surface area (Å²) in [5.74, 6) is -0.780. The van der Waals surface area contributed by atoms with Gasteiger partial charge in [0.2, 0.25) is 10.0 Å². The Kier molecular flexibility index (Phi) is 4.26. The van der Waals surface area contributed by atoms with Gasteiger partial charge in [-0.2, -0.15) is 0 Å². The van der Waals surface area contributed by atoms with Crippen molar-refractivity contribution in [2.45, 2.75) is 48.8 Å². The summed E-state index contributed by atoms with van der Waals surface area (Å²) >= 11 is 6.80. The Morgan fingerprint density at radius 1 is 1.32 bits per heavy atom. The standard InChI is InChI=1S/C14H18ClNO4S2/c15-10-4-5-11(21-10)22(19,20)16-12-9-3-1-2-7-14(12,8-6-9)13(17)18/h4-5,9,12,16H,1-3,6-8H2,(H,17,18)/t9-,12-,14-/m0/s1. The summed E-state index contributed by atoms with van der Waals surface area (Å²) in [6.45, 7) is 0. The summed E-state index contributed by atoms with van der Waals surface area (Å²) in [7, 11) is -3.73. The van der Waals surface area contributed by atoms with E-state index in [4.69, 9.17) is 11.6 Å². The Balaban J connectivity index is 1.94. The van der Waals surface area contributed by atoms with E-state index in [1.54, 1.807) is 0 Å². The number of thiophene rings is 1. The normalized spacial score (nSPS) is 31.9. The zero-order valence-electron chi connectivity index (χ0n) is 11.9. The number of halogens is 1. The Labute approximate surface area is 138 Å². The highest BCUT2D eigenvalue weighted by Gasteiger charge is 2.55. The average molecular weight is 364 g/mol. The first-order chi connectivity index (χ1) is 10.3. The molecule has 2 aliphatic rings. The molecule has 3 atom stereocenters. The highest BCUT2D eigenvalue weighted by atomic mass is 35.5. The summed E-state index contributed by atoms with van der Waals surface area (Å²) in [6.07, 6.45) is 4.54. The Hall–Kier alpha value is -0.630. The van der Waals surface area contributed by atoms with Crippen molar-refractivity contribution in [2.75, 3.05) is 0 Å². The molecule has 122 valence electrons. The summed E-state index contributed by atoms with van der Waals surface area (Å²) in [5.41, 5.74) is -0.963. The molecule has 1 aromatic heterocycles. The Bertz CT molecular complexity index is 687. The van der Waals surface area contributed by atoms with Crippen molar-refractivity contribution in [1.82, 2.24) is 4.72 Å². The van der Waals surface area contributed by atoms with Gasteiger partial charge in [-0.25, -0.2) is 13.1 Å². The minimum atomic E-state index is -3.73. The van der Waals surface area contributed by atoms with Crippen LogP contribution in [0.25, 0.3) is 0 Å². The lowest BCUT2D eigenvalue weighted by Gasteiger charge is -2.32. The van der Waals surface area contributed by atoms with Crippen molar-refractivity contribution in [2.24, 2.45) is 11.3 Å². The molecule has 3 rings (SSSR count). The summed E-state index contributed by atoms with van der Waals surface area (Å²) < 4.78 is 28.3. The molecular formula is C14H18ClNO4S2. The molecule has 5 nitrogen and oxygen atoms in total. The lowest BCUT2D eigenvalue weighted by molar-refractivity contribution is -0.150. The second kappa shape index (κ2) is 5.78. The molecule has 2 bridgehead atoms. The van der Waals surface area contributed by atoms with Gasteiger partial charge in [0.05, 0.1) is 9.75 Å².